The molecule has 3 rings (SSSR count). The second kappa shape index (κ2) is 12.7. The van der Waals surface area contributed by atoms with Gasteiger partial charge in [-0.3, -0.25) is 9.59 Å². The van der Waals surface area contributed by atoms with Crippen LogP contribution < -0.4 is 5.32 Å². The normalized spacial score (nSPS) is 12.0. The summed E-state index contributed by atoms with van der Waals surface area (Å²) in [5.74, 6) is -1.23. The van der Waals surface area contributed by atoms with Crippen LogP contribution in [0.4, 0.5) is 4.79 Å². The molecule has 0 spiro atoms. The van der Waals surface area contributed by atoms with E-state index in [1.54, 1.807) is 0 Å². The minimum absolute atomic E-state index is 0.0241. The Bertz CT molecular complexity index is 947. The molecule has 2 aromatic rings. The van der Waals surface area contributed by atoms with Gasteiger partial charge in [0, 0.05) is 32.5 Å². The minimum atomic E-state index is -1.04. The molecule has 8 heteroatoms. The lowest BCUT2D eigenvalue weighted by Crippen LogP contribution is -2.37. The van der Waals surface area contributed by atoms with Crippen LogP contribution in [0.3, 0.4) is 0 Å². The Balaban J connectivity index is 1.35. The number of carbonyl (C=O) groups is 3. The van der Waals surface area contributed by atoms with Crippen LogP contribution in [0.2, 0.25) is 0 Å². The van der Waals surface area contributed by atoms with E-state index < -0.39 is 12.1 Å². The Hall–Kier alpha value is -3.39. The van der Waals surface area contributed by atoms with Crippen molar-refractivity contribution < 1.29 is 29.0 Å². The van der Waals surface area contributed by atoms with Gasteiger partial charge >= 0.3 is 12.1 Å². The Morgan fingerprint density at radius 3 is 2.24 bits per heavy atom. The fourth-order valence-electron chi connectivity index (χ4n) is 4.23. The number of benzene rings is 2. The number of fused-ring (bicyclic) bond motifs is 3. The first-order valence-corrected chi connectivity index (χ1v) is 11.6. The lowest BCUT2D eigenvalue weighted by Gasteiger charge is -2.20. The topological polar surface area (TPSA) is 105 Å². The number of unbranched alkanes of at least 4 members (excludes halogenated alkanes) is 2. The number of hydrogen-bond donors (Lipinski definition) is 2. The van der Waals surface area contributed by atoms with E-state index in [-0.39, 0.29) is 37.9 Å². The summed E-state index contributed by atoms with van der Waals surface area (Å²) < 4.78 is 10.4. The van der Waals surface area contributed by atoms with Crippen LogP contribution in [0, 0.1) is 0 Å². The van der Waals surface area contributed by atoms with E-state index in [0.29, 0.717) is 26.0 Å². The number of methoxy groups -OCH3 is 1. The minimum Gasteiger partial charge on any atom is -0.480 e. The zero-order valence-electron chi connectivity index (χ0n) is 19.5. The second-order valence-electron chi connectivity index (χ2n) is 8.26. The molecule has 0 fully saturated rings. The largest absolute Gasteiger partial charge is 0.480 e. The first kappa shape index (κ1) is 25.2. The Kier molecular flexibility index (Phi) is 9.46. The molecule has 0 atom stereocenters. The van der Waals surface area contributed by atoms with Gasteiger partial charge in [0.2, 0.25) is 5.91 Å². The van der Waals surface area contributed by atoms with Crippen molar-refractivity contribution in [1.29, 1.82) is 0 Å². The van der Waals surface area contributed by atoms with E-state index in [0.717, 1.165) is 6.42 Å². The monoisotopic (exact) mass is 468 g/mol. The third-order valence-electron chi connectivity index (χ3n) is 5.92. The fraction of sp³-hybridized carbons (Fsp3) is 0.423. The van der Waals surface area contributed by atoms with Crippen molar-refractivity contribution in [3.63, 3.8) is 0 Å². The molecular weight excluding hydrogens is 436 g/mol. The number of carbonyl (C=O) groups excluding carboxylic acids is 2. The third kappa shape index (κ3) is 6.81. The van der Waals surface area contributed by atoms with Crippen LogP contribution in [-0.2, 0) is 19.1 Å². The van der Waals surface area contributed by atoms with Gasteiger partial charge in [0.1, 0.15) is 13.2 Å². The maximum Gasteiger partial charge on any atom is 0.407 e. The fourth-order valence-corrected chi connectivity index (χ4v) is 4.23. The van der Waals surface area contributed by atoms with Crippen LogP contribution in [-0.4, -0.2) is 67.9 Å². The summed E-state index contributed by atoms with van der Waals surface area (Å²) >= 11 is 0. The molecule has 8 nitrogen and oxygen atoms in total. The Morgan fingerprint density at radius 1 is 0.971 bits per heavy atom. The molecule has 0 bridgehead atoms. The number of hydrogen-bond acceptors (Lipinski definition) is 5. The van der Waals surface area contributed by atoms with E-state index in [1.165, 1.54) is 34.3 Å². The molecule has 0 heterocycles. The molecule has 0 aliphatic heterocycles. The van der Waals surface area contributed by atoms with E-state index >= 15 is 0 Å². The van der Waals surface area contributed by atoms with Gasteiger partial charge in [-0.2, -0.15) is 0 Å². The van der Waals surface area contributed by atoms with Gasteiger partial charge in [0.05, 0.1) is 6.61 Å². The molecule has 0 unspecified atom stereocenters. The molecule has 34 heavy (non-hydrogen) atoms. The number of nitrogens with zero attached hydrogens (tertiary/aromatic N) is 1. The average Bonchev–Trinajstić information content (AvgIpc) is 3.16. The van der Waals surface area contributed by atoms with Crippen molar-refractivity contribution in [1.82, 2.24) is 10.2 Å². The number of rotatable bonds is 13. The van der Waals surface area contributed by atoms with Gasteiger partial charge in [-0.15, -0.1) is 0 Å². The van der Waals surface area contributed by atoms with Gasteiger partial charge in [0.25, 0.3) is 0 Å². The predicted octanol–water partition coefficient (Wildman–Crippen LogP) is 3.65. The van der Waals surface area contributed by atoms with E-state index in [2.05, 4.69) is 29.6 Å². The number of amides is 2. The lowest BCUT2D eigenvalue weighted by atomic mass is 9.98. The highest BCUT2D eigenvalue weighted by atomic mass is 16.5. The lowest BCUT2D eigenvalue weighted by molar-refractivity contribution is -0.144. The van der Waals surface area contributed by atoms with E-state index in [1.807, 2.05) is 24.3 Å². The molecule has 182 valence electrons. The Morgan fingerprint density at radius 2 is 1.62 bits per heavy atom. The van der Waals surface area contributed by atoms with Crippen LogP contribution in [0.25, 0.3) is 11.1 Å². The summed E-state index contributed by atoms with van der Waals surface area (Å²) in [5, 5.41) is 11.7. The second-order valence-corrected chi connectivity index (χ2v) is 8.26. The molecule has 0 saturated heterocycles. The molecule has 2 aromatic carbocycles. The molecular formula is C26H32N2O6. The summed E-state index contributed by atoms with van der Waals surface area (Å²) in [6, 6.07) is 16.4. The third-order valence-corrected chi connectivity index (χ3v) is 5.92. The van der Waals surface area contributed by atoms with Gasteiger partial charge in [0.15, 0.2) is 0 Å². The molecule has 0 radical (unpaired) electrons. The van der Waals surface area contributed by atoms with Crippen LogP contribution >= 0.6 is 0 Å². The molecule has 0 aromatic heterocycles. The van der Waals surface area contributed by atoms with Crippen LogP contribution in [0.15, 0.2) is 48.5 Å². The average molecular weight is 469 g/mol. The quantitative estimate of drug-likeness (QED) is 0.435. The summed E-state index contributed by atoms with van der Waals surface area (Å²) in [6.07, 6.45) is 1.87. The molecule has 2 N–H and O–H groups in total. The summed E-state index contributed by atoms with van der Waals surface area (Å²) in [6.45, 7) is 0.947. The maximum absolute atomic E-state index is 12.2. The first-order chi connectivity index (χ1) is 16.5. The van der Waals surface area contributed by atoms with Crippen molar-refractivity contribution in [2.24, 2.45) is 0 Å². The zero-order chi connectivity index (χ0) is 24.3. The highest BCUT2D eigenvalue weighted by Gasteiger charge is 2.28. The predicted molar refractivity (Wildman–Crippen MR) is 128 cm³/mol. The number of nitrogens with one attached hydrogen (secondary N) is 1. The number of aliphatic carboxylic acids is 1. The highest BCUT2D eigenvalue weighted by molar-refractivity contribution is 5.81. The van der Waals surface area contributed by atoms with Gasteiger partial charge in [-0.1, -0.05) is 55.0 Å². The standard InChI is InChI=1S/C26H32N2O6/c1-33-16-15-28(17-25(30)31)24(29)13-3-2-8-14-27-26(32)34-18-23-21-11-6-4-9-19(21)20-10-5-7-12-22(20)23/h4-7,9-12,23H,2-3,8,13-18H2,1H3,(H,27,32)(H,30,31). The van der Waals surface area contributed by atoms with Gasteiger partial charge in [-0.05, 0) is 35.1 Å². The van der Waals surface area contributed by atoms with Gasteiger partial charge < -0.3 is 24.8 Å². The number of ether oxygens (including phenoxy) is 2. The summed E-state index contributed by atoms with van der Waals surface area (Å²) in [5.41, 5.74) is 4.71. The van der Waals surface area contributed by atoms with Crippen molar-refractivity contribution >= 4 is 18.0 Å². The van der Waals surface area contributed by atoms with Crippen molar-refractivity contribution in [3.8, 4) is 11.1 Å². The molecule has 1 aliphatic carbocycles. The molecule has 1 aliphatic rings. The summed E-state index contributed by atoms with van der Waals surface area (Å²) in [4.78, 5) is 36.6. The highest BCUT2D eigenvalue weighted by Crippen LogP contribution is 2.44. The zero-order valence-corrected chi connectivity index (χ0v) is 19.5. The number of alkyl carbamates (subject to hydrolysis) is 1. The Labute approximate surface area is 199 Å². The van der Waals surface area contributed by atoms with Gasteiger partial charge in [-0.25, -0.2) is 4.79 Å². The number of carboxylic acids is 1. The van der Waals surface area contributed by atoms with E-state index in [9.17, 15) is 14.4 Å². The molecule has 0 saturated carbocycles. The maximum atomic E-state index is 12.2. The first-order valence-electron chi connectivity index (χ1n) is 11.6. The van der Waals surface area contributed by atoms with Crippen LogP contribution in [0.1, 0.15) is 42.7 Å². The van der Waals surface area contributed by atoms with Crippen molar-refractivity contribution in [3.05, 3.63) is 59.7 Å². The summed E-state index contributed by atoms with van der Waals surface area (Å²) in [7, 11) is 1.51. The molecule has 2 amide bonds. The van der Waals surface area contributed by atoms with E-state index in [4.69, 9.17) is 14.6 Å². The van der Waals surface area contributed by atoms with Crippen LogP contribution in [0.5, 0.6) is 0 Å². The smallest absolute Gasteiger partial charge is 0.407 e. The SMILES string of the molecule is COCCN(CC(=O)O)C(=O)CCCCCNC(=O)OCC1c2ccccc2-c2ccccc21. The van der Waals surface area contributed by atoms with Crippen molar-refractivity contribution in [2.45, 2.75) is 31.6 Å². The van der Waals surface area contributed by atoms with Crippen molar-refractivity contribution in [2.75, 3.05) is 40.0 Å². The number of carboxylic acid groups (broad SMARTS) is 1.